The zero-order valence-electron chi connectivity index (χ0n) is 12.5. The van der Waals surface area contributed by atoms with Gasteiger partial charge in [-0.2, -0.15) is 0 Å². The van der Waals surface area contributed by atoms with Gasteiger partial charge in [-0.1, -0.05) is 23.7 Å². The van der Waals surface area contributed by atoms with E-state index < -0.39 is 0 Å². The quantitative estimate of drug-likeness (QED) is 0.918. The van der Waals surface area contributed by atoms with E-state index in [4.69, 9.17) is 11.6 Å². The van der Waals surface area contributed by atoms with Crippen molar-refractivity contribution in [2.24, 2.45) is 0 Å². The maximum atomic E-state index is 12.1. The Morgan fingerprint density at radius 1 is 1.24 bits per heavy atom. The number of hydrogen-bond acceptors (Lipinski definition) is 2. The number of carbonyl (C=O) groups is 1. The largest absolute Gasteiger partial charge is 0.324 e. The summed E-state index contributed by atoms with van der Waals surface area (Å²) in [5.41, 5.74) is 4.73. The molecule has 3 nitrogen and oxygen atoms in total. The van der Waals surface area contributed by atoms with Crippen LogP contribution in [0.3, 0.4) is 0 Å². The maximum absolute atomic E-state index is 12.1. The number of amides is 1. The monoisotopic (exact) mass is 302 g/mol. The number of aryl methyl sites for hydroxylation is 4. The van der Waals surface area contributed by atoms with Gasteiger partial charge in [0, 0.05) is 17.1 Å². The third-order valence-electron chi connectivity index (χ3n) is 3.32. The second kappa shape index (κ2) is 6.72. The highest BCUT2D eigenvalue weighted by Gasteiger charge is 2.09. The molecule has 110 valence electrons. The number of rotatable bonds is 4. The van der Waals surface area contributed by atoms with E-state index in [1.165, 1.54) is 0 Å². The van der Waals surface area contributed by atoms with Crippen molar-refractivity contribution in [1.29, 1.82) is 0 Å². The summed E-state index contributed by atoms with van der Waals surface area (Å²) >= 11 is 5.94. The van der Waals surface area contributed by atoms with Gasteiger partial charge in [0.15, 0.2) is 0 Å². The molecular formula is C17H19ClN2O. The second-order valence-electron chi connectivity index (χ2n) is 5.22. The molecule has 0 aliphatic carbocycles. The summed E-state index contributed by atoms with van der Waals surface area (Å²) in [6.45, 7) is 5.84. The van der Waals surface area contributed by atoms with E-state index in [-0.39, 0.29) is 5.91 Å². The molecule has 0 unspecified atom stereocenters. The van der Waals surface area contributed by atoms with E-state index in [2.05, 4.69) is 10.3 Å². The van der Waals surface area contributed by atoms with Gasteiger partial charge in [-0.05, 0) is 56.5 Å². The molecular weight excluding hydrogens is 284 g/mol. The lowest BCUT2D eigenvalue weighted by Gasteiger charge is -2.12. The van der Waals surface area contributed by atoms with Crippen LogP contribution in [0.2, 0.25) is 5.02 Å². The molecule has 1 aromatic heterocycles. The van der Waals surface area contributed by atoms with Crippen LogP contribution in [0.1, 0.15) is 28.9 Å². The lowest BCUT2D eigenvalue weighted by Crippen LogP contribution is -2.15. The fourth-order valence-corrected chi connectivity index (χ4v) is 2.58. The molecule has 1 heterocycles. The number of aromatic nitrogens is 1. The van der Waals surface area contributed by atoms with Gasteiger partial charge in [0.2, 0.25) is 5.91 Å². The van der Waals surface area contributed by atoms with Crippen LogP contribution in [0.5, 0.6) is 0 Å². The highest BCUT2D eigenvalue weighted by atomic mass is 35.5. The van der Waals surface area contributed by atoms with Gasteiger partial charge in [0.25, 0.3) is 0 Å². The molecule has 0 aliphatic heterocycles. The van der Waals surface area contributed by atoms with Gasteiger partial charge >= 0.3 is 0 Å². The first-order valence-corrected chi connectivity index (χ1v) is 7.32. The molecule has 0 atom stereocenters. The smallest absolute Gasteiger partial charge is 0.224 e. The van der Waals surface area contributed by atoms with Gasteiger partial charge in [0.1, 0.15) is 0 Å². The summed E-state index contributed by atoms with van der Waals surface area (Å²) in [4.78, 5) is 16.5. The lowest BCUT2D eigenvalue weighted by molar-refractivity contribution is -0.116. The highest BCUT2D eigenvalue weighted by Crippen LogP contribution is 2.20. The highest BCUT2D eigenvalue weighted by molar-refractivity contribution is 6.30. The number of pyridine rings is 1. The fourth-order valence-electron chi connectivity index (χ4n) is 2.36. The van der Waals surface area contributed by atoms with Crippen molar-refractivity contribution < 1.29 is 4.79 Å². The van der Waals surface area contributed by atoms with Crippen LogP contribution in [0.15, 0.2) is 30.3 Å². The molecule has 0 saturated carbocycles. The number of nitrogens with one attached hydrogen (secondary N) is 1. The standard InChI is InChI=1S/C17H19ClN2O/c1-11-9-12(2)19-13(3)17(11)20-16(21)8-7-14-5-4-6-15(18)10-14/h4-6,9-10H,7-8H2,1-3H3,(H,20,21). The fraction of sp³-hybridized carbons (Fsp3) is 0.294. The normalized spacial score (nSPS) is 10.5. The Morgan fingerprint density at radius 2 is 2.00 bits per heavy atom. The summed E-state index contributed by atoms with van der Waals surface area (Å²) in [6.07, 6.45) is 1.09. The van der Waals surface area contributed by atoms with E-state index in [9.17, 15) is 4.79 Å². The SMILES string of the molecule is Cc1cc(C)c(NC(=O)CCc2cccc(Cl)c2)c(C)n1. The van der Waals surface area contributed by atoms with E-state index in [0.717, 1.165) is 28.2 Å². The summed E-state index contributed by atoms with van der Waals surface area (Å²) in [6, 6.07) is 9.56. The van der Waals surface area contributed by atoms with Crippen molar-refractivity contribution >= 4 is 23.2 Å². The average Bonchev–Trinajstić information content (AvgIpc) is 2.40. The van der Waals surface area contributed by atoms with Crippen LogP contribution in [0.4, 0.5) is 5.69 Å². The molecule has 21 heavy (non-hydrogen) atoms. The van der Waals surface area contributed by atoms with Gasteiger partial charge < -0.3 is 5.32 Å². The molecule has 1 aromatic carbocycles. The Hall–Kier alpha value is -1.87. The minimum absolute atomic E-state index is 0.00757. The molecule has 1 N–H and O–H groups in total. The van der Waals surface area contributed by atoms with Gasteiger partial charge in [-0.15, -0.1) is 0 Å². The van der Waals surface area contributed by atoms with E-state index in [1.807, 2.05) is 51.1 Å². The summed E-state index contributed by atoms with van der Waals surface area (Å²) < 4.78 is 0. The minimum Gasteiger partial charge on any atom is -0.324 e. The van der Waals surface area contributed by atoms with Crippen molar-refractivity contribution in [2.75, 3.05) is 5.32 Å². The van der Waals surface area contributed by atoms with Gasteiger partial charge in [-0.25, -0.2) is 0 Å². The van der Waals surface area contributed by atoms with Crippen molar-refractivity contribution in [3.05, 3.63) is 57.9 Å². The van der Waals surface area contributed by atoms with Gasteiger partial charge in [-0.3, -0.25) is 9.78 Å². The van der Waals surface area contributed by atoms with Crippen LogP contribution < -0.4 is 5.32 Å². The lowest BCUT2D eigenvalue weighted by atomic mass is 10.1. The third-order valence-corrected chi connectivity index (χ3v) is 3.55. The molecule has 0 bridgehead atoms. The van der Waals surface area contributed by atoms with Crippen molar-refractivity contribution in [1.82, 2.24) is 4.98 Å². The molecule has 4 heteroatoms. The van der Waals surface area contributed by atoms with Gasteiger partial charge in [0.05, 0.1) is 11.4 Å². The van der Waals surface area contributed by atoms with Crippen molar-refractivity contribution in [3.8, 4) is 0 Å². The first-order chi connectivity index (χ1) is 9.95. The van der Waals surface area contributed by atoms with Crippen molar-refractivity contribution in [3.63, 3.8) is 0 Å². The zero-order valence-corrected chi connectivity index (χ0v) is 13.3. The third kappa shape index (κ3) is 4.30. The minimum atomic E-state index is -0.00757. The summed E-state index contributed by atoms with van der Waals surface area (Å²) in [5, 5.41) is 3.65. The number of nitrogens with zero attached hydrogens (tertiary/aromatic N) is 1. The number of hydrogen-bond donors (Lipinski definition) is 1. The first kappa shape index (κ1) is 15.5. The Kier molecular flexibility index (Phi) is 4.97. The van der Waals surface area contributed by atoms with Crippen LogP contribution in [-0.4, -0.2) is 10.9 Å². The Labute approximate surface area is 130 Å². The van der Waals surface area contributed by atoms with Crippen molar-refractivity contribution in [2.45, 2.75) is 33.6 Å². The zero-order chi connectivity index (χ0) is 15.4. The molecule has 2 aromatic rings. The second-order valence-corrected chi connectivity index (χ2v) is 5.66. The Balaban J connectivity index is 1.99. The van der Waals surface area contributed by atoms with Crippen LogP contribution in [-0.2, 0) is 11.2 Å². The molecule has 0 aliphatic rings. The predicted octanol–water partition coefficient (Wildman–Crippen LogP) is 4.23. The molecule has 1 amide bonds. The Morgan fingerprint density at radius 3 is 2.67 bits per heavy atom. The van der Waals surface area contributed by atoms with E-state index >= 15 is 0 Å². The molecule has 0 saturated heterocycles. The predicted molar refractivity (Wildman–Crippen MR) is 86.9 cm³/mol. The molecule has 2 rings (SSSR count). The van der Waals surface area contributed by atoms with Crippen LogP contribution >= 0.6 is 11.6 Å². The molecule has 0 fully saturated rings. The van der Waals surface area contributed by atoms with E-state index in [1.54, 1.807) is 0 Å². The average molecular weight is 303 g/mol. The van der Waals surface area contributed by atoms with Crippen LogP contribution in [0, 0.1) is 20.8 Å². The van der Waals surface area contributed by atoms with E-state index in [0.29, 0.717) is 17.9 Å². The topological polar surface area (TPSA) is 42.0 Å². The Bertz CT molecular complexity index is 645. The first-order valence-electron chi connectivity index (χ1n) is 6.95. The summed E-state index contributed by atoms with van der Waals surface area (Å²) in [5.74, 6) is -0.00757. The summed E-state index contributed by atoms with van der Waals surface area (Å²) in [7, 11) is 0. The number of halogens is 1. The number of anilines is 1. The van der Waals surface area contributed by atoms with Crippen LogP contribution in [0.25, 0.3) is 0 Å². The number of carbonyl (C=O) groups excluding carboxylic acids is 1. The molecule has 0 spiro atoms. The molecule has 0 radical (unpaired) electrons. The maximum Gasteiger partial charge on any atom is 0.224 e. The number of benzene rings is 1.